The van der Waals surface area contributed by atoms with Crippen molar-refractivity contribution in [2.24, 2.45) is 0 Å². The van der Waals surface area contributed by atoms with Crippen molar-refractivity contribution in [3.8, 4) is 0 Å². The minimum absolute atomic E-state index is 0.102. The number of nitrogens with zero attached hydrogens (tertiary/aromatic N) is 2. The third kappa shape index (κ3) is 6.48. The summed E-state index contributed by atoms with van der Waals surface area (Å²) in [5, 5.41) is 3.59. The molecule has 1 N–H and O–H groups in total. The Morgan fingerprint density at radius 1 is 0.806 bits per heavy atom. The first-order chi connectivity index (χ1) is 17.0. The van der Waals surface area contributed by atoms with E-state index in [1.807, 2.05) is 6.07 Å². The molecule has 1 aliphatic heterocycles. The molecular formula is C31H41N3OP-. The molecule has 1 unspecified atom stereocenters. The molecule has 3 aromatic carbocycles. The normalized spacial score (nSPS) is 19.0. The Bertz CT molecular complexity index is 1100. The van der Waals surface area contributed by atoms with Gasteiger partial charge in [0.15, 0.2) is 0 Å². The summed E-state index contributed by atoms with van der Waals surface area (Å²) < 4.78 is 4.28. The van der Waals surface area contributed by atoms with E-state index in [9.17, 15) is 4.89 Å². The maximum atomic E-state index is 13.7. The molecule has 0 radical (unpaired) electrons. The largest absolute Gasteiger partial charge is 0.801 e. The molecule has 1 aliphatic rings. The van der Waals surface area contributed by atoms with E-state index in [0.717, 1.165) is 30.9 Å². The summed E-state index contributed by atoms with van der Waals surface area (Å²) in [5.74, 6) is 0. The van der Waals surface area contributed by atoms with Crippen LogP contribution in [0, 0.1) is 0 Å². The highest BCUT2D eigenvalue weighted by molar-refractivity contribution is 7.49. The topological polar surface area (TPSA) is 41.6 Å². The molecule has 0 aromatic heterocycles. The third-order valence-corrected chi connectivity index (χ3v) is 8.72. The van der Waals surface area contributed by atoms with Crippen molar-refractivity contribution in [2.75, 3.05) is 23.1 Å². The lowest BCUT2D eigenvalue weighted by atomic mass is 9.87. The fraction of sp³-hybridized carbons (Fsp3) is 0.419. The van der Waals surface area contributed by atoms with Crippen molar-refractivity contribution >= 4 is 19.8 Å². The predicted molar refractivity (Wildman–Crippen MR) is 153 cm³/mol. The maximum absolute atomic E-state index is 13.7. The molecule has 0 spiro atoms. The van der Waals surface area contributed by atoms with Gasteiger partial charge >= 0.3 is 0 Å². The van der Waals surface area contributed by atoms with E-state index in [0.29, 0.717) is 6.54 Å². The van der Waals surface area contributed by atoms with Gasteiger partial charge in [-0.15, -0.1) is 0 Å². The second kappa shape index (κ2) is 10.9. The molecule has 4 nitrogen and oxygen atoms in total. The summed E-state index contributed by atoms with van der Waals surface area (Å²) in [6.07, 6.45) is 0.922. The number of anilines is 2. The number of hydrogen-bond donors (Lipinski definition) is 1. The average molecular weight is 503 g/mol. The Morgan fingerprint density at radius 3 is 1.92 bits per heavy atom. The predicted octanol–water partition coefficient (Wildman–Crippen LogP) is 7.06. The second-order valence-corrected chi connectivity index (χ2v) is 13.4. The molecule has 4 rings (SSSR count). The highest BCUT2D eigenvalue weighted by Crippen LogP contribution is 2.49. The number of nitrogens with one attached hydrogen (secondary N) is 1. The van der Waals surface area contributed by atoms with E-state index in [1.165, 1.54) is 16.7 Å². The monoisotopic (exact) mass is 502 g/mol. The summed E-state index contributed by atoms with van der Waals surface area (Å²) in [7, 11) is -1.67. The van der Waals surface area contributed by atoms with Gasteiger partial charge in [0.05, 0.1) is 0 Å². The maximum Gasteiger partial charge on any atom is 0.0400 e. The van der Waals surface area contributed by atoms with E-state index in [1.54, 1.807) is 0 Å². The Balaban J connectivity index is 1.46. The van der Waals surface area contributed by atoms with Crippen molar-refractivity contribution < 1.29 is 4.89 Å². The van der Waals surface area contributed by atoms with Crippen molar-refractivity contribution in [2.45, 2.75) is 71.4 Å². The zero-order chi connectivity index (χ0) is 25.9. The first-order valence-electron chi connectivity index (χ1n) is 13.0. The molecule has 0 amide bonds. The minimum atomic E-state index is -1.67. The first-order valence-corrected chi connectivity index (χ1v) is 14.2. The van der Waals surface area contributed by atoms with Gasteiger partial charge in [0, 0.05) is 37.1 Å². The van der Waals surface area contributed by atoms with Gasteiger partial charge in [0.1, 0.15) is 0 Å². The van der Waals surface area contributed by atoms with Crippen LogP contribution in [0.3, 0.4) is 0 Å². The van der Waals surface area contributed by atoms with Crippen LogP contribution < -0.4 is 14.9 Å². The van der Waals surface area contributed by atoms with Gasteiger partial charge in [-0.1, -0.05) is 96.1 Å². The van der Waals surface area contributed by atoms with Gasteiger partial charge in [-0.05, 0) is 66.7 Å². The molecule has 5 heteroatoms. The molecule has 2 atom stereocenters. The van der Waals surface area contributed by atoms with E-state index in [2.05, 4.69) is 129 Å². The van der Waals surface area contributed by atoms with Crippen LogP contribution >= 0.6 is 8.45 Å². The molecule has 0 aliphatic carbocycles. The number of benzene rings is 3. The summed E-state index contributed by atoms with van der Waals surface area (Å²) in [4.78, 5) is 13.7. The molecule has 0 saturated carbocycles. The molecule has 1 heterocycles. The van der Waals surface area contributed by atoms with Gasteiger partial charge in [0.2, 0.25) is 0 Å². The molecular weight excluding hydrogens is 461 g/mol. The van der Waals surface area contributed by atoms with Crippen molar-refractivity contribution in [1.29, 1.82) is 0 Å². The standard InChI is InChI=1S/C31H41N3OP/c1-30(2,3)25-12-16-27(17-13-25)32-21-20-29-23-34(28-18-14-26(15-19-28)31(4,5)6)36(35)33(29)22-24-10-8-7-9-11-24/h7-19,29,32H,20-23H2,1-6H3/q-1/t29-,36?/m0/s1. The molecule has 0 bridgehead atoms. The molecule has 1 saturated heterocycles. The summed E-state index contributed by atoms with van der Waals surface area (Å²) in [5.41, 5.74) is 6.25. The molecule has 3 aromatic rings. The van der Waals surface area contributed by atoms with Crippen molar-refractivity contribution in [3.05, 3.63) is 95.6 Å². The quantitative estimate of drug-likeness (QED) is 0.351. The Morgan fingerprint density at radius 2 is 1.36 bits per heavy atom. The lowest BCUT2D eigenvalue weighted by Gasteiger charge is -2.37. The van der Waals surface area contributed by atoms with Crippen LogP contribution in [-0.2, 0) is 17.4 Å². The Kier molecular flexibility index (Phi) is 8.09. The van der Waals surface area contributed by atoms with E-state index in [-0.39, 0.29) is 16.9 Å². The second-order valence-electron chi connectivity index (χ2n) is 11.9. The van der Waals surface area contributed by atoms with E-state index < -0.39 is 8.45 Å². The summed E-state index contributed by atoms with van der Waals surface area (Å²) >= 11 is 0. The lowest BCUT2D eigenvalue weighted by Crippen LogP contribution is -2.31. The minimum Gasteiger partial charge on any atom is -0.801 e. The van der Waals surface area contributed by atoms with Gasteiger partial charge < -0.3 is 14.9 Å². The highest BCUT2D eigenvalue weighted by atomic mass is 31.2. The van der Waals surface area contributed by atoms with Crippen LogP contribution in [0.5, 0.6) is 0 Å². The van der Waals surface area contributed by atoms with Gasteiger partial charge in [-0.2, -0.15) is 0 Å². The number of hydrogen-bond acceptors (Lipinski definition) is 4. The molecule has 36 heavy (non-hydrogen) atoms. The van der Waals surface area contributed by atoms with Crippen LogP contribution in [0.1, 0.15) is 64.7 Å². The smallest absolute Gasteiger partial charge is 0.0400 e. The molecule has 192 valence electrons. The fourth-order valence-corrected chi connectivity index (χ4v) is 6.34. The zero-order valence-electron chi connectivity index (χ0n) is 22.7. The van der Waals surface area contributed by atoms with Gasteiger partial charge in [0.25, 0.3) is 0 Å². The van der Waals surface area contributed by atoms with Crippen molar-refractivity contribution in [1.82, 2.24) is 4.67 Å². The molecule has 1 fully saturated rings. The number of rotatable bonds is 7. The van der Waals surface area contributed by atoms with Crippen LogP contribution in [0.2, 0.25) is 0 Å². The summed E-state index contributed by atoms with van der Waals surface area (Å²) in [6, 6.07) is 28.0. The van der Waals surface area contributed by atoms with E-state index >= 15 is 0 Å². The summed E-state index contributed by atoms with van der Waals surface area (Å²) in [6.45, 7) is 15.7. The van der Waals surface area contributed by atoms with Crippen molar-refractivity contribution in [3.63, 3.8) is 0 Å². The van der Waals surface area contributed by atoms with Gasteiger partial charge in [-0.25, -0.2) is 0 Å². The van der Waals surface area contributed by atoms with Crippen LogP contribution in [0.4, 0.5) is 11.4 Å². The lowest BCUT2D eigenvalue weighted by molar-refractivity contribution is -0.170. The van der Waals surface area contributed by atoms with E-state index in [4.69, 9.17) is 0 Å². The van der Waals surface area contributed by atoms with Crippen LogP contribution in [-0.4, -0.2) is 23.8 Å². The van der Waals surface area contributed by atoms with Crippen LogP contribution in [0.25, 0.3) is 0 Å². The third-order valence-electron chi connectivity index (χ3n) is 7.01. The zero-order valence-corrected chi connectivity index (χ0v) is 23.6. The first kappa shape index (κ1) is 26.7. The Hall–Kier alpha value is -2.39. The Labute approximate surface area is 219 Å². The average Bonchev–Trinajstić information content (AvgIpc) is 3.14. The SMILES string of the molecule is CC(C)(C)c1ccc(NCC[C@H]2CN(c3ccc(C(C)(C)C)cc3)P([O-])N2Cc2ccccc2)cc1. The fourth-order valence-electron chi connectivity index (χ4n) is 4.65. The van der Waals surface area contributed by atoms with Gasteiger partial charge in [-0.3, -0.25) is 4.67 Å². The highest BCUT2D eigenvalue weighted by Gasteiger charge is 2.33. The van der Waals surface area contributed by atoms with Crippen LogP contribution in [0.15, 0.2) is 78.9 Å².